The van der Waals surface area contributed by atoms with Crippen molar-refractivity contribution >= 4 is 92.0 Å². The third-order valence-electron chi connectivity index (χ3n) is 10.2. The number of hydrogen-bond donors (Lipinski definition) is 4. The molecule has 18 heteroatoms. The summed E-state index contributed by atoms with van der Waals surface area (Å²) in [6, 6.07) is 26.9. The number of anilines is 2. The van der Waals surface area contributed by atoms with E-state index in [2.05, 4.69) is 0 Å². The van der Waals surface area contributed by atoms with Gasteiger partial charge < -0.3 is 20.4 Å². The third kappa shape index (κ3) is 7.48. The molecular formula is C46H24N2O14S2. The van der Waals surface area contributed by atoms with Crippen molar-refractivity contribution in [3.8, 4) is 0 Å². The SMILES string of the molecule is O=C(c1ccc(C(=O)O)c(C(=O)O)c1)c1ccc2c(c1)C(=O)N(c1cccc(SSc3cccc(N4C(=O)c5ccc(C(=O)c6ccc(C(=O)O)c(C(=O)O)c6)cc5C4=O)c3)c1)C2=O. The van der Waals surface area contributed by atoms with Crippen molar-refractivity contribution in [3.05, 3.63) is 188 Å². The number of amides is 4. The first kappa shape index (κ1) is 42.2. The Morgan fingerprint density at radius 3 is 1.05 bits per heavy atom. The van der Waals surface area contributed by atoms with E-state index in [4.69, 9.17) is 0 Å². The summed E-state index contributed by atoms with van der Waals surface area (Å²) in [5.41, 5.74) is -2.22. The van der Waals surface area contributed by atoms with Gasteiger partial charge >= 0.3 is 23.9 Å². The fourth-order valence-electron chi connectivity index (χ4n) is 7.11. The van der Waals surface area contributed by atoms with Gasteiger partial charge in [-0.2, -0.15) is 0 Å². The molecule has 0 fully saturated rings. The predicted molar refractivity (Wildman–Crippen MR) is 227 cm³/mol. The summed E-state index contributed by atoms with van der Waals surface area (Å²) in [4.78, 5) is 130. The summed E-state index contributed by atoms with van der Waals surface area (Å²) >= 11 is 0. The highest BCUT2D eigenvalue weighted by Gasteiger charge is 2.39. The van der Waals surface area contributed by atoms with Crippen LogP contribution < -0.4 is 9.80 Å². The summed E-state index contributed by atoms with van der Waals surface area (Å²) in [7, 11) is 2.48. The van der Waals surface area contributed by atoms with Gasteiger partial charge in [-0.1, -0.05) is 58.0 Å². The molecule has 314 valence electrons. The zero-order valence-electron chi connectivity index (χ0n) is 32.1. The zero-order valence-corrected chi connectivity index (χ0v) is 33.8. The molecule has 4 amide bonds. The molecule has 2 aliphatic rings. The van der Waals surface area contributed by atoms with Crippen LogP contribution in [-0.2, 0) is 0 Å². The van der Waals surface area contributed by atoms with Crippen molar-refractivity contribution < 1.29 is 68.4 Å². The number of imide groups is 2. The van der Waals surface area contributed by atoms with Crippen molar-refractivity contribution in [2.75, 3.05) is 9.80 Å². The molecule has 0 unspecified atom stereocenters. The second-order valence-corrected chi connectivity index (χ2v) is 16.2. The highest BCUT2D eigenvalue weighted by molar-refractivity contribution is 8.76. The van der Waals surface area contributed by atoms with E-state index in [1.807, 2.05) is 0 Å². The van der Waals surface area contributed by atoms with Crippen LogP contribution in [0.1, 0.15) is 115 Å². The van der Waals surface area contributed by atoms with Crippen LogP contribution in [0.2, 0.25) is 0 Å². The van der Waals surface area contributed by atoms with Crippen molar-refractivity contribution in [2.45, 2.75) is 9.79 Å². The summed E-state index contributed by atoms with van der Waals surface area (Å²) in [6.07, 6.45) is 0. The molecule has 0 saturated heterocycles. The lowest BCUT2D eigenvalue weighted by Gasteiger charge is -2.16. The van der Waals surface area contributed by atoms with Crippen LogP contribution in [0.5, 0.6) is 0 Å². The number of carboxylic acid groups (broad SMARTS) is 4. The molecule has 6 aromatic rings. The molecule has 0 atom stereocenters. The molecule has 0 aromatic heterocycles. The highest BCUT2D eigenvalue weighted by Crippen LogP contribution is 2.41. The van der Waals surface area contributed by atoms with Gasteiger partial charge in [0.25, 0.3) is 23.6 Å². The van der Waals surface area contributed by atoms with Gasteiger partial charge in [0.1, 0.15) is 0 Å². The Labute approximate surface area is 366 Å². The van der Waals surface area contributed by atoms with Crippen molar-refractivity contribution in [3.63, 3.8) is 0 Å². The summed E-state index contributed by atoms with van der Waals surface area (Å²) in [5.74, 6) is -10.2. The minimum Gasteiger partial charge on any atom is -0.478 e. The largest absolute Gasteiger partial charge is 0.478 e. The van der Waals surface area contributed by atoms with E-state index in [-0.39, 0.29) is 55.9 Å². The average Bonchev–Trinajstić information content (AvgIpc) is 3.69. The number of carboxylic acids is 4. The van der Waals surface area contributed by atoms with E-state index < -0.39 is 81.3 Å². The molecule has 6 aromatic carbocycles. The molecule has 2 aliphatic heterocycles. The smallest absolute Gasteiger partial charge is 0.336 e. The van der Waals surface area contributed by atoms with Gasteiger partial charge in [-0.25, -0.2) is 29.0 Å². The molecule has 16 nitrogen and oxygen atoms in total. The maximum atomic E-state index is 13.7. The third-order valence-corrected chi connectivity index (χ3v) is 12.5. The monoisotopic (exact) mass is 892 g/mol. The van der Waals surface area contributed by atoms with Crippen molar-refractivity contribution in [2.24, 2.45) is 0 Å². The Morgan fingerprint density at radius 1 is 0.359 bits per heavy atom. The Balaban J connectivity index is 0.966. The van der Waals surface area contributed by atoms with Crippen LogP contribution >= 0.6 is 21.6 Å². The standard InChI is InChI=1S/C46H24N2O14S2/c49-37(23-9-13-31(43(55)56)35(17-23)45(59)60)21-7-11-29-33(15-21)41(53)47(39(29)51)25-3-1-5-27(19-25)63-64-28-6-2-4-26(20-28)48-40(52)30-12-8-22(16-34(30)42(48)54)38(50)24-10-14-32(44(57)58)36(18-24)46(61)62/h1-20H,(H,55,56)(H,57,58)(H,59,60)(H,61,62). The fourth-order valence-corrected chi connectivity index (χ4v) is 9.11. The lowest BCUT2D eigenvalue weighted by atomic mass is 9.96. The van der Waals surface area contributed by atoms with E-state index in [1.54, 1.807) is 48.5 Å². The topological polar surface area (TPSA) is 258 Å². The second-order valence-electron chi connectivity index (χ2n) is 14.0. The number of carbonyl (C=O) groups is 10. The minimum atomic E-state index is -1.55. The van der Waals surface area contributed by atoms with E-state index in [1.165, 1.54) is 58.0 Å². The van der Waals surface area contributed by atoms with E-state index >= 15 is 0 Å². The maximum absolute atomic E-state index is 13.7. The van der Waals surface area contributed by atoms with E-state index in [0.717, 1.165) is 46.2 Å². The first-order chi connectivity index (χ1) is 30.5. The molecule has 0 radical (unpaired) electrons. The fraction of sp³-hybridized carbons (Fsp3) is 0. The number of carbonyl (C=O) groups excluding carboxylic acids is 6. The van der Waals surface area contributed by atoms with Crippen molar-refractivity contribution in [1.82, 2.24) is 0 Å². The molecule has 2 heterocycles. The number of nitrogens with zero attached hydrogens (tertiary/aromatic N) is 2. The molecule has 4 N–H and O–H groups in total. The minimum absolute atomic E-state index is 0.0239. The van der Waals surface area contributed by atoms with Crippen LogP contribution in [0.3, 0.4) is 0 Å². The van der Waals surface area contributed by atoms with Gasteiger partial charge in [-0.05, 0) is 84.9 Å². The van der Waals surface area contributed by atoms with Crippen LogP contribution in [0.4, 0.5) is 11.4 Å². The maximum Gasteiger partial charge on any atom is 0.336 e. The van der Waals surface area contributed by atoms with Gasteiger partial charge in [-0.15, -0.1) is 0 Å². The summed E-state index contributed by atoms with van der Waals surface area (Å²) < 4.78 is 0. The molecule has 8 rings (SSSR count). The quantitative estimate of drug-likeness (QED) is 0.0502. The number of benzene rings is 6. The molecule has 0 aliphatic carbocycles. The van der Waals surface area contributed by atoms with Crippen molar-refractivity contribution in [1.29, 1.82) is 0 Å². The van der Waals surface area contributed by atoms with Gasteiger partial charge in [0.2, 0.25) is 0 Å². The first-order valence-electron chi connectivity index (χ1n) is 18.4. The van der Waals surface area contributed by atoms with Crippen LogP contribution in [0, 0.1) is 0 Å². The summed E-state index contributed by atoms with van der Waals surface area (Å²) in [6.45, 7) is 0. The van der Waals surface area contributed by atoms with Gasteiger partial charge in [0.15, 0.2) is 11.6 Å². The Bertz CT molecular complexity index is 2970. The van der Waals surface area contributed by atoms with Gasteiger partial charge in [0.05, 0.1) is 55.9 Å². The van der Waals surface area contributed by atoms with E-state index in [0.29, 0.717) is 9.79 Å². The second kappa shape index (κ2) is 16.4. The van der Waals surface area contributed by atoms with Gasteiger partial charge in [-0.3, -0.25) is 28.8 Å². The number of fused-ring (bicyclic) bond motifs is 2. The van der Waals surface area contributed by atoms with E-state index in [9.17, 15) is 68.4 Å². The molecule has 0 saturated carbocycles. The van der Waals surface area contributed by atoms with Crippen LogP contribution in [0.25, 0.3) is 0 Å². The van der Waals surface area contributed by atoms with Gasteiger partial charge in [0, 0.05) is 32.0 Å². The normalized spacial score (nSPS) is 12.9. The number of ketones is 2. The Morgan fingerprint density at radius 2 is 0.688 bits per heavy atom. The molecule has 64 heavy (non-hydrogen) atoms. The molecular weight excluding hydrogens is 869 g/mol. The highest BCUT2D eigenvalue weighted by atomic mass is 33.1. The Kier molecular flexibility index (Phi) is 10.8. The number of rotatable bonds is 13. The van der Waals surface area contributed by atoms with Crippen LogP contribution in [0.15, 0.2) is 131 Å². The lowest BCUT2D eigenvalue weighted by molar-refractivity contribution is 0.0651. The number of aromatic carboxylic acids is 4. The molecule has 0 spiro atoms. The average molecular weight is 893 g/mol. The zero-order chi connectivity index (χ0) is 45.7. The number of hydrogen-bond acceptors (Lipinski definition) is 12. The first-order valence-corrected chi connectivity index (χ1v) is 20.6. The predicted octanol–water partition coefficient (Wildman–Crippen LogP) is 7.34. The Hall–Kier alpha value is -8.48. The lowest BCUT2D eigenvalue weighted by Crippen LogP contribution is -2.29. The molecule has 0 bridgehead atoms. The van der Waals surface area contributed by atoms with Crippen LogP contribution in [-0.4, -0.2) is 79.5 Å². The summed E-state index contributed by atoms with van der Waals surface area (Å²) in [5, 5.41) is 37.6.